The number of aliphatic hydroxyl groups is 1. The number of rotatable bonds is 11. The molecule has 150 valence electrons. The Labute approximate surface area is 159 Å². The van der Waals surface area contributed by atoms with Crippen LogP contribution in [0, 0.1) is 0 Å². The predicted octanol–water partition coefficient (Wildman–Crippen LogP) is 1.68. The Hall–Kier alpha value is -2.58. The number of amides is 1. The minimum Gasteiger partial charge on any atom is -0.491 e. The molecule has 0 fully saturated rings. The van der Waals surface area contributed by atoms with Crippen LogP contribution in [0.2, 0.25) is 0 Å². The van der Waals surface area contributed by atoms with Gasteiger partial charge in [-0.05, 0) is 37.6 Å². The normalized spacial score (nSPS) is 13.0. The summed E-state index contributed by atoms with van der Waals surface area (Å²) in [4.78, 5) is 22.3. The zero-order chi connectivity index (χ0) is 20.1. The maximum Gasteiger partial charge on any atom is 0.410 e. The van der Waals surface area contributed by atoms with Crippen LogP contribution in [0.25, 0.3) is 6.08 Å². The number of benzene rings is 1. The lowest BCUT2D eigenvalue weighted by molar-refractivity contribution is -0.143. The number of methoxy groups -OCH3 is 1. The molecule has 1 rings (SSSR count). The number of ether oxygens (including phenoxy) is 3. The van der Waals surface area contributed by atoms with E-state index >= 15 is 0 Å². The Morgan fingerprint density at radius 3 is 2.59 bits per heavy atom. The van der Waals surface area contributed by atoms with Gasteiger partial charge in [0.15, 0.2) is 0 Å². The van der Waals surface area contributed by atoms with Crippen LogP contribution in [0.1, 0.15) is 25.8 Å². The molecular formula is C19H28N2O6. The topological polar surface area (TPSA) is 106 Å². The van der Waals surface area contributed by atoms with E-state index in [0.29, 0.717) is 18.9 Å². The molecule has 0 radical (unpaired) electrons. The SMILES string of the molecule is CCOC(=O)CC(C)NCC(O)COc1ccc(C=CNC(=O)OC)cc1. The molecule has 0 aliphatic carbocycles. The molecule has 8 nitrogen and oxygen atoms in total. The van der Waals surface area contributed by atoms with Gasteiger partial charge in [0.05, 0.1) is 20.1 Å². The van der Waals surface area contributed by atoms with Gasteiger partial charge in [0.25, 0.3) is 0 Å². The zero-order valence-electron chi connectivity index (χ0n) is 15.9. The standard InChI is InChI=1S/C19H28N2O6/c1-4-26-18(23)11-14(2)21-12-16(22)13-27-17-7-5-15(6-8-17)9-10-20-19(24)25-3/h5-10,14,16,21-22H,4,11-13H2,1-3H3,(H,20,24). The third kappa shape index (κ3) is 10.2. The first kappa shape index (κ1) is 22.5. The van der Waals surface area contributed by atoms with E-state index in [1.807, 2.05) is 19.1 Å². The van der Waals surface area contributed by atoms with Gasteiger partial charge in [-0.1, -0.05) is 12.1 Å². The molecule has 1 amide bonds. The summed E-state index contributed by atoms with van der Waals surface area (Å²) >= 11 is 0. The van der Waals surface area contributed by atoms with Crippen molar-refractivity contribution >= 4 is 18.1 Å². The summed E-state index contributed by atoms with van der Waals surface area (Å²) < 4.78 is 14.9. The van der Waals surface area contributed by atoms with E-state index in [4.69, 9.17) is 9.47 Å². The van der Waals surface area contributed by atoms with Crippen molar-refractivity contribution < 1.29 is 28.9 Å². The number of esters is 1. The highest BCUT2D eigenvalue weighted by molar-refractivity contribution is 5.70. The lowest BCUT2D eigenvalue weighted by Crippen LogP contribution is -2.37. The zero-order valence-corrected chi connectivity index (χ0v) is 15.9. The highest BCUT2D eigenvalue weighted by Crippen LogP contribution is 2.13. The number of aliphatic hydroxyl groups excluding tert-OH is 1. The van der Waals surface area contributed by atoms with Gasteiger partial charge in [-0.25, -0.2) is 4.79 Å². The number of hydrogen-bond donors (Lipinski definition) is 3. The molecule has 1 aromatic rings. The second-order valence-electron chi connectivity index (χ2n) is 5.82. The third-order valence-corrected chi connectivity index (χ3v) is 3.46. The molecule has 0 aromatic heterocycles. The van der Waals surface area contributed by atoms with E-state index < -0.39 is 12.2 Å². The average molecular weight is 380 g/mol. The molecule has 2 atom stereocenters. The van der Waals surface area contributed by atoms with Crippen molar-refractivity contribution in [1.29, 1.82) is 0 Å². The van der Waals surface area contributed by atoms with Crippen molar-refractivity contribution in [2.75, 3.05) is 26.9 Å². The number of hydrogen-bond acceptors (Lipinski definition) is 7. The maximum atomic E-state index is 11.4. The molecule has 0 aliphatic rings. The quantitative estimate of drug-likeness (QED) is 0.502. The summed E-state index contributed by atoms with van der Waals surface area (Å²) in [6.45, 7) is 4.40. The van der Waals surface area contributed by atoms with Gasteiger partial charge in [-0.3, -0.25) is 10.1 Å². The van der Waals surface area contributed by atoms with Gasteiger partial charge in [-0.2, -0.15) is 0 Å². The summed E-state index contributed by atoms with van der Waals surface area (Å²) in [6.07, 6.45) is 2.20. The van der Waals surface area contributed by atoms with Crippen molar-refractivity contribution in [3.63, 3.8) is 0 Å². The lowest BCUT2D eigenvalue weighted by atomic mass is 10.2. The summed E-state index contributed by atoms with van der Waals surface area (Å²) in [5, 5.41) is 15.5. The van der Waals surface area contributed by atoms with Crippen molar-refractivity contribution in [2.24, 2.45) is 0 Å². The molecule has 8 heteroatoms. The van der Waals surface area contributed by atoms with Crippen LogP contribution in [0.15, 0.2) is 30.5 Å². The first-order valence-electron chi connectivity index (χ1n) is 8.75. The van der Waals surface area contributed by atoms with Crippen LogP contribution in [0.5, 0.6) is 5.75 Å². The van der Waals surface area contributed by atoms with Gasteiger partial charge in [0.1, 0.15) is 18.5 Å². The Bertz CT molecular complexity index is 603. The van der Waals surface area contributed by atoms with Crippen LogP contribution in [0.4, 0.5) is 4.79 Å². The van der Waals surface area contributed by atoms with Gasteiger partial charge in [0.2, 0.25) is 0 Å². The smallest absolute Gasteiger partial charge is 0.410 e. The van der Waals surface area contributed by atoms with Crippen molar-refractivity contribution in [3.05, 3.63) is 36.0 Å². The van der Waals surface area contributed by atoms with Gasteiger partial charge in [0, 0.05) is 18.8 Å². The molecule has 27 heavy (non-hydrogen) atoms. The fraction of sp³-hybridized carbons (Fsp3) is 0.474. The summed E-state index contributed by atoms with van der Waals surface area (Å²) in [7, 11) is 1.29. The highest BCUT2D eigenvalue weighted by Gasteiger charge is 2.12. The Morgan fingerprint density at radius 2 is 1.96 bits per heavy atom. The minimum absolute atomic E-state index is 0.0941. The summed E-state index contributed by atoms with van der Waals surface area (Å²) in [5.74, 6) is 0.353. The first-order valence-corrected chi connectivity index (χ1v) is 8.75. The molecule has 0 bridgehead atoms. The van der Waals surface area contributed by atoms with E-state index in [1.165, 1.54) is 13.3 Å². The molecule has 1 aromatic carbocycles. The fourth-order valence-electron chi connectivity index (χ4n) is 2.07. The monoisotopic (exact) mass is 380 g/mol. The number of carbonyl (C=O) groups excluding carboxylic acids is 2. The fourth-order valence-corrected chi connectivity index (χ4v) is 2.07. The summed E-state index contributed by atoms with van der Waals surface area (Å²) in [6, 6.07) is 7.07. The second kappa shape index (κ2) is 12.7. The molecule has 0 heterocycles. The third-order valence-electron chi connectivity index (χ3n) is 3.46. The van der Waals surface area contributed by atoms with E-state index in [2.05, 4.69) is 15.4 Å². The van der Waals surface area contributed by atoms with Gasteiger partial charge >= 0.3 is 12.1 Å². The molecule has 0 saturated carbocycles. The average Bonchev–Trinajstić information content (AvgIpc) is 2.65. The van der Waals surface area contributed by atoms with E-state index in [9.17, 15) is 14.7 Å². The maximum absolute atomic E-state index is 11.4. The van der Waals surface area contributed by atoms with Crippen LogP contribution in [-0.4, -0.2) is 56.2 Å². The van der Waals surface area contributed by atoms with Gasteiger partial charge in [-0.15, -0.1) is 0 Å². The van der Waals surface area contributed by atoms with E-state index in [0.717, 1.165) is 5.56 Å². The van der Waals surface area contributed by atoms with Crippen LogP contribution < -0.4 is 15.4 Å². The Kier molecular flexibility index (Phi) is 10.6. The van der Waals surface area contributed by atoms with Gasteiger partial charge < -0.3 is 24.6 Å². The summed E-state index contributed by atoms with van der Waals surface area (Å²) in [5.41, 5.74) is 0.869. The van der Waals surface area contributed by atoms with Crippen LogP contribution >= 0.6 is 0 Å². The first-order chi connectivity index (χ1) is 12.9. The second-order valence-corrected chi connectivity index (χ2v) is 5.82. The molecule has 0 saturated heterocycles. The van der Waals surface area contributed by atoms with Crippen molar-refractivity contribution in [3.8, 4) is 5.75 Å². The molecule has 2 unspecified atom stereocenters. The number of carbonyl (C=O) groups is 2. The van der Waals surface area contributed by atoms with Crippen molar-refractivity contribution in [2.45, 2.75) is 32.4 Å². The van der Waals surface area contributed by atoms with E-state index in [-0.39, 0.29) is 25.0 Å². The predicted molar refractivity (Wildman–Crippen MR) is 101 cm³/mol. The lowest BCUT2D eigenvalue weighted by Gasteiger charge is -2.17. The molecule has 0 spiro atoms. The van der Waals surface area contributed by atoms with Crippen LogP contribution in [-0.2, 0) is 14.3 Å². The number of alkyl carbamates (subject to hydrolysis) is 1. The molecular weight excluding hydrogens is 352 g/mol. The van der Waals surface area contributed by atoms with Crippen LogP contribution in [0.3, 0.4) is 0 Å². The number of nitrogens with one attached hydrogen (secondary N) is 2. The highest BCUT2D eigenvalue weighted by atomic mass is 16.5. The molecule has 3 N–H and O–H groups in total. The van der Waals surface area contributed by atoms with E-state index in [1.54, 1.807) is 25.1 Å². The Balaban J connectivity index is 2.30. The van der Waals surface area contributed by atoms with Crippen molar-refractivity contribution in [1.82, 2.24) is 10.6 Å². The minimum atomic E-state index is -0.710. The molecule has 0 aliphatic heterocycles. The largest absolute Gasteiger partial charge is 0.491 e. The Morgan fingerprint density at radius 1 is 1.26 bits per heavy atom.